The molecule has 0 aromatic carbocycles. The third kappa shape index (κ3) is 0.406. The summed E-state index contributed by atoms with van der Waals surface area (Å²) in [4.78, 5) is 0. The zero-order valence-corrected chi connectivity index (χ0v) is 3.89. The summed E-state index contributed by atoms with van der Waals surface area (Å²) in [5.41, 5.74) is 0. The van der Waals surface area contributed by atoms with Crippen molar-refractivity contribution in [2.45, 2.75) is 5.79 Å². The molecule has 2 rings (SSSR count). The number of hydrogen-bond donors (Lipinski definition) is 0. The average molecular weight is 98.1 g/mol. The lowest BCUT2D eigenvalue weighted by atomic mass is 10.6. The minimum absolute atomic E-state index is 0.306. The minimum atomic E-state index is -0.306. The Morgan fingerprint density at radius 3 is 2.00 bits per heavy atom. The first kappa shape index (κ1) is 3.64. The van der Waals surface area contributed by atoms with Crippen LogP contribution in [0.5, 0.6) is 0 Å². The van der Waals surface area contributed by atoms with Gasteiger partial charge in [-0.25, -0.2) is 0 Å². The van der Waals surface area contributed by atoms with Gasteiger partial charge in [-0.3, -0.25) is 0 Å². The molecular weight excluding hydrogens is 92.1 g/mol. The SMILES string of the molecule is C1=CC12OCCO2. The van der Waals surface area contributed by atoms with Gasteiger partial charge in [0.1, 0.15) is 0 Å². The van der Waals surface area contributed by atoms with Crippen molar-refractivity contribution in [2.24, 2.45) is 0 Å². The Hall–Kier alpha value is -0.340. The Bertz CT molecular complexity index is 103. The van der Waals surface area contributed by atoms with Crippen LogP contribution in [0.25, 0.3) is 0 Å². The second kappa shape index (κ2) is 0.904. The van der Waals surface area contributed by atoms with E-state index in [0.29, 0.717) is 0 Å². The molecule has 2 heteroatoms. The van der Waals surface area contributed by atoms with Crippen LogP contribution in [-0.2, 0) is 9.47 Å². The van der Waals surface area contributed by atoms with Crippen LogP contribution in [0.3, 0.4) is 0 Å². The van der Waals surface area contributed by atoms with Gasteiger partial charge >= 0.3 is 0 Å². The number of ether oxygens (including phenoxy) is 2. The van der Waals surface area contributed by atoms with Gasteiger partial charge < -0.3 is 9.47 Å². The largest absolute Gasteiger partial charge is 0.341 e. The molecule has 1 saturated heterocycles. The highest BCUT2D eigenvalue weighted by molar-refractivity contribution is 5.25. The van der Waals surface area contributed by atoms with Gasteiger partial charge in [0.15, 0.2) is 0 Å². The second-order valence-electron chi connectivity index (χ2n) is 1.75. The highest BCUT2D eigenvalue weighted by Gasteiger charge is 2.40. The maximum atomic E-state index is 5.12. The average Bonchev–Trinajstić information content (AvgIpc) is 2.15. The van der Waals surface area contributed by atoms with Crippen molar-refractivity contribution in [3.05, 3.63) is 12.2 Å². The van der Waals surface area contributed by atoms with Crippen molar-refractivity contribution in [3.8, 4) is 0 Å². The van der Waals surface area contributed by atoms with E-state index in [1.54, 1.807) is 0 Å². The van der Waals surface area contributed by atoms with E-state index < -0.39 is 0 Å². The highest BCUT2D eigenvalue weighted by Crippen LogP contribution is 2.32. The van der Waals surface area contributed by atoms with E-state index in [0.717, 1.165) is 13.2 Å². The Kier molecular flexibility index (Phi) is 0.470. The van der Waals surface area contributed by atoms with Crippen LogP contribution in [0.4, 0.5) is 0 Å². The Balaban J connectivity index is 2.09. The van der Waals surface area contributed by atoms with Crippen LogP contribution in [0.2, 0.25) is 0 Å². The van der Waals surface area contributed by atoms with Crippen LogP contribution in [0.15, 0.2) is 12.2 Å². The first-order valence-corrected chi connectivity index (χ1v) is 2.40. The van der Waals surface area contributed by atoms with Gasteiger partial charge in [0.05, 0.1) is 13.2 Å². The topological polar surface area (TPSA) is 18.5 Å². The fourth-order valence-electron chi connectivity index (χ4n) is 0.705. The quantitative estimate of drug-likeness (QED) is 0.406. The summed E-state index contributed by atoms with van der Waals surface area (Å²) in [6.45, 7) is 1.49. The maximum Gasteiger partial charge on any atom is 0.208 e. The first-order valence-electron chi connectivity index (χ1n) is 2.40. The summed E-state index contributed by atoms with van der Waals surface area (Å²) < 4.78 is 10.2. The molecule has 0 unspecified atom stereocenters. The lowest BCUT2D eigenvalue weighted by Crippen LogP contribution is -2.08. The van der Waals surface area contributed by atoms with Gasteiger partial charge in [-0.05, 0) is 12.2 Å². The molecule has 2 aliphatic rings. The molecule has 0 radical (unpaired) electrons. The smallest absolute Gasteiger partial charge is 0.208 e. The molecule has 0 saturated carbocycles. The Morgan fingerprint density at radius 2 is 1.71 bits per heavy atom. The molecule has 2 nitrogen and oxygen atoms in total. The van der Waals surface area contributed by atoms with E-state index in [2.05, 4.69) is 0 Å². The molecule has 1 heterocycles. The molecule has 0 atom stereocenters. The summed E-state index contributed by atoms with van der Waals surface area (Å²) in [5, 5.41) is 0. The van der Waals surface area contributed by atoms with Gasteiger partial charge in [0, 0.05) is 0 Å². The van der Waals surface area contributed by atoms with Crippen LogP contribution in [0.1, 0.15) is 0 Å². The third-order valence-electron chi connectivity index (χ3n) is 1.18. The molecule has 38 valence electrons. The van der Waals surface area contributed by atoms with Crippen LogP contribution in [0, 0.1) is 0 Å². The van der Waals surface area contributed by atoms with Gasteiger partial charge in [0.25, 0.3) is 0 Å². The molecule has 0 amide bonds. The Morgan fingerprint density at radius 1 is 1.14 bits per heavy atom. The monoisotopic (exact) mass is 98.0 g/mol. The molecule has 7 heavy (non-hydrogen) atoms. The fraction of sp³-hybridized carbons (Fsp3) is 0.600. The van der Waals surface area contributed by atoms with E-state index in [9.17, 15) is 0 Å². The zero-order valence-electron chi connectivity index (χ0n) is 3.89. The summed E-state index contributed by atoms with van der Waals surface area (Å²) in [7, 11) is 0. The summed E-state index contributed by atoms with van der Waals surface area (Å²) in [5.74, 6) is -0.306. The lowest BCUT2D eigenvalue weighted by Gasteiger charge is -2.01. The van der Waals surface area contributed by atoms with Gasteiger partial charge in [-0.2, -0.15) is 0 Å². The third-order valence-corrected chi connectivity index (χ3v) is 1.18. The number of hydrogen-bond acceptors (Lipinski definition) is 2. The van der Waals surface area contributed by atoms with Crippen LogP contribution < -0.4 is 0 Å². The molecular formula is C5H6O2. The van der Waals surface area contributed by atoms with E-state index in [1.807, 2.05) is 12.2 Å². The fourth-order valence-corrected chi connectivity index (χ4v) is 0.705. The molecule has 0 N–H and O–H groups in total. The van der Waals surface area contributed by atoms with Crippen molar-refractivity contribution < 1.29 is 9.47 Å². The predicted octanol–water partition coefficient (Wildman–Crippen LogP) is 0.299. The van der Waals surface area contributed by atoms with Crippen molar-refractivity contribution in [1.82, 2.24) is 0 Å². The zero-order chi connectivity index (χ0) is 4.74. The minimum Gasteiger partial charge on any atom is -0.341 e. The molecule has 1 spiro atoms. The van der Waals surface area contributed by atoms with Crippen molar-refractivity contribution in [1.29, 1.82) is 0 Å². The van der Waals surface area contributed by atoms with Crippen molar-refractivity contribution in [3.63, 3.8) is 0 Å². The summed E-state index contributed by atoms with van der Waals surface area (Å²) in [6.07, 6.45) is 3.83. The Labute approximate surface area is 41.7 Å². The predicted molar refractivity (Wildman–Crippen MR) is 23.8 cm³/mol. The van der Waals surface area contributed by atoms with Gasteiger partial charge in [-0.1, -0.05) is 0 Å². The first-order chi connectivity index (χ1) is 3.41. The normalized spacial score (nSPS) is 32.0. The molecule has 0 bridgehead atoms. The van der Waals surface area contributed by atoms with E-state index in [-0.39, 0.29) is 5.79 Å². The second-order valence-corrected chi connectivity index (χ2v) is 1.75. The lowest BCUT2D eigenvalue weighted by molar-refractivity contribution is -0.0441. The van der Waals surface area contributed by atoms with Gasteiger partial charge in [-0.15, -0.1) is 0 Å². The molecule has 1 aliphatic heterocycles. The van der Waals surface area contributed by atoms with Crippen molar-refractivity contribution >= 4 is 0 Å². The summed E-state index contributed by atoms with van der Waals surface area (Å²) >= 11 is 0. The van der Waals surface area contributed by atoms with E-state index >= 15 is 0 Å². The molecule has 0 aromatic heterocycles. The van der Waals surface area contributed by atoms with E-state index in [1.165, 1.54) is 0 Å². The number of rotatable bonds is 0. The van der Waals surface area contributed by atoms with Gasteiger partial charge in [0.2, 0.25) is 5.79 Å². The molecule has 0 aromatic rings. The maximum absolute atomic E-state index is 5.12. The highest BCUT2D eigenvalue weighted by atomic mass is 16.7. The van der Waals surface area contributed by atoms with E-state index in [4.69, 9.17) is 9.47 Å². The molecule has 1 fully saturated rings. The van der Waals surface area contributed by atoms with Crippen LogP contribution in [-0.4, -0.2) is 19.0 Å². The molecule has 1 aliphatic carbocycles. The van der Waals surface area contributed by atoms with Crippen molar-refractivity contribution in [2.75, 3.05) is 13.2 Å². The van der Waals surface area contributed by atoms with Crippen LogP contribution >= 0.6 is 0 Å². The summed E-state index contributed by atoms with van der Waals surface area (Å²) in [6, 6.07) is 0. The standard InChI is InChI=1S/C5H6O2/c1-2-5(1)6-3-4-7-5/h1-2H,3-4H2.